The fourth-order valence-electron chi connectivity index (χ4n) is 4.21. The van der Waals surface area contributed by atoms with Crippen LogP contribution in [0.2, 0.25) is 0 Å². The van der Waals surface area contributed by atoms with Gasteiger partial charge in [-0.15, -0.1) is 10.2 Å². The number of nitrogens with one attached hydrogen (secondary N) is 1. The molecule has 3 aromatic rings. The second kappa shape index (κ2) is 13.8. The first-order chi connectivity index (χ1) is 19.0. The number of carbonyl (C=O) groups is 3. The second-order valence-corrected chi connectivity index (χ2v) is 11.1. The van der Waals surface area contributed by atoms with E-state index in [1.54, 1.807) is 25.7 Å². The molecule has 10 heteroatoms. The van der Waals surface area contributed by atoms with Crippen molar-refractivity contribution in [1.29, 1.82) is 0 Å². The van der Waals surface area contributed by atoms with Crippen LogP contribution >= 0.6 is 0 Å². The molecule has 40 heavy (non-hydrogen) atoms. The zero-order valence-electron chi connectivity index (χ0n) is 24.1. The highest BCUT2D eigenvalue weighted by Crippen LogP contribution is 2.30. The molecule has 10 nitrogen and oxygen atoms in total. The van der Waals surface area contributed by atoms with E-state index in [1.165, 1.54) is 0 Å². The highest BCUT2D eigenvalue weighted by molar-refractivity contribution is 5.85. The van der Waals surface area contributed by atoms with E-state index in [2.05, 4.69) is 20.6 Å². The van der Waals surface area contributed by atoms with Crippen molar-refractivity contribution < 1.29 is 23.9 Å². The number of aromatic amines is 1. The molecule has 1 atom stereocenters. The van der Waals surface area contributed by atoms with Gasteiger partial charge in [-0.1, -0.05) is 75.7 Å². The van der Waals surface area contributed by atoms with Crippen LogP contribution in [0, 0.1) is 11.3 Å². The Hall–Kier alpha value is -4.08. The predicted octanol–water partition coefficient (Wildman–Crippen LogP) is 5.17. The van der Waals surface area contributed by atoms with Crippen LogP contribution < -0.4 is 0 Å². The maximum Gasteiger partial charge on any atom is 0.332 e. The Kier molecular flexibility index (Phi) is 10.5. The summed E-state index contributed by atoms with van der Waals surface area (Å²) in [7, 11) is 0. The normalized spacial score (nSPS) is 12.2. The van der Waals surface area contributed by atoms with Crippen LogP contribution in [-0.4, -0.2) is 56.2 Å². The van der Waals surface area contributed by atoms with Gasteiger partial charge in [-0.2, -0.15) is 5.21 Å². The molecule has 1 aromatic heterocycles. The number of hydrogen-bond donors (Lipinski definition) is 1. The molecular formula is C30H39N5O5. The van der Waals surface area contributed by atoms with Gasteiger partial charge >= 0.3 is 11.9 Å². The minimum absolute atomic E-state index is 0.129. The van der Waals surface area contributed by atoms with Gasteiger partial charge in [0, 0.05) is 18.5 Å². The summed E-state index contributed by atoms with van der Waals surface area (Å²) in [6, 6.07) is 14.8. The van der Waals surface area contributed by atoms with E-state index in [4.69, 9.17) is 9.47 Å². The van der Waals surface area contributed by atoms with Gasteiger partial charge in [-0.25, -0.2) is 4.79 Å². The standard InChI is InChI=1S/C30H39N5O5/c1-7-8-13-25(36)35(26(20(2)3)28(37)39-19-40-29(38)30(4,5)6)18-21-14-16-22(17-15-21)23-11-9-10-12-24(23)27-31-33-34-32-27/h9-12,14-17,20,26H,7-8,13,18-19H2,1-6H3,(H,31,32,33,34). The van der Waals surface area contributed by atoms with Crippen molar-refractivity contribution in [2.75, 3.05) is 6.79 Å². The van der Waals surface area contributed by atoms with Crippen LogP contribution in [0.5, 0.6) is 0 Å². The summed E-state index contributed by atoms with van der Waals surface area (Å²) in [6.07, 6.45) is 1.89. The average molecular weight is 550 g/mol. The predicted molar refractivity (Wildman–Crippen MR) is 150 cm³/mol. The Bertz CT molecular complexity index is 1270. The molecule has 1 N–H and O–H groups in total. The summed E-state index contributed by atoms with van der Waals surface area (Å²) in [5, 5.41) is 14.4. The van der Waals surface area contributed by atoms with Gasteiger partial charge < -0.3 is 14.4 Å². The van der Waals surface area contributed by atoms with Gasteiger partial charge in [0.05, 0.1) is 5.41 Å². The Morgan fingerprint density at radius 1 is 0.975 bits per heavy atom. The van der Waals surface area contributed by atoms with E-state index in [0.29, 0.717) is 18.7 Å². The largest absolute Gasteiger partial charge is 0.427 e. The summed E-state index contributed by atoms with van der Waals surface area (Å²) in [5.74, 6) is -0.933. The number of tetrazole rings is 1. The van der Waals surface area contributed by atoms with Crippen LogP contribution in [0.15, 0.2) is 48.5 Å². The third kappa shape index (κ3) is 7.97. The number of rotatable bonds is 12. The number of nitrogens with zero attached hydrogens (tertiary/aromatic N) is 4. The van der Waals surface area contributed by atoms with Crippen molar-refractivity contribution in [1.82, 2.24) is 25.5 Å². The average Bonchev–Trinajstić information content (AvgIpc) is 3.46. The SMILES string of the molecule is CCCCC(=O)N(Cc1ccc(-c2ccccc2-c2nn[nH]n2)cc1)C(C(=O)OCOC(=O)C(C)(C)C)C(C)C. The molecule has 1 heterocycles. The van der Waals surface area contributed by atoms with Crippen LogP contribution in [-0.2, 0) is 30.4 Å². The van der Waals surface area contributed by atoms with Gasteiger partial charge in [-0.3, -0.25) is 9.59 Å². The molecule has 0 saturated carbocycles. The maximum absolute atomic E-state index is 13.3. The van der Waals surface area contributed by atoms with E-state index in [0.717, 1.165) is 28.7 Å². The van der Waals surface area contributed by atoms with E-state index in [1.807, 2.05) is 69.3 Å². The molecule has 2 aromatic carbocycles. The fourth-order valence-corrected chi connectivity index (χ4v) is 4.21. The molecule has 1 amide bonds. The Labute approximate surface area is 235 Å². The van der Waals surface area contributed by atoms with Gasteiger partial charge in [0.2, 0.25) is 18.5 Å². The third-order valence-electron chi connectivity index (χ3n) is 6.41. The quantitative estimate of drug-likeness (QED) is 0.242. The highest BCUT2D eigenvalue weighted by atomic mass is 16.7. The summed E-state index contributed by atoms with van der Waals surface area (Å²) in [6.45, 7) is 10.6. The summed E-state index contributed by atoms with van der Waals surface area (Å²) >= 11 is 0. The lowest BCUT2D eigenvalue weighted by molar-refractivity contribution is -0.178. The van der Waals surface area contributed by atoms with Crippen molar-refractivity contribution in [3.8, 4) is 22.5 Å². The van der Waals surface area contributed by atoms with Crippen molar-refractivity contribution in [3.05, 3.63) is 54.1 Å². The first kappa shape index (κ1) is 30.5. The molecule has 0 fully saturated rings. The number of amides is 1. The highest BCUT2D eigenvalue weighted by Gasteiger charge is 2.34. The van der Waals surface area contributed by atoms with Gasteiger partial charge in [0.1, 0.15) is 6.04 Å². The molecule has 3 rings (SSSR count). The number of benzene rings is 2. The van der Waals surface area contributed by atoms with Crippen molar-refractivity contribution in [2.45, 2.75) is 73.4 Å². The van der Waals surface area contributed by atoms with Crippen LogP contribution in [0.4, 0.5) is 0 Å². The van der Waals surface area contributed by atoms with Crippen molar-refractivity contribution >= 4 is 17.8 Å². The van der Waals surface area contributed by atoms with Crippen molar-refractivity contribution in [2.24, 2.45) is 11.3 Å². The van der Waals surface area contributed by atoms with E-state index >= 15 is 0 Å². The van der Waals surface area contributed by atoms with Gasteiger partial charge in [0.25, 0.3) is 0 Å². The number of H-pyrrole nitrogens is 1. The van der Waals surface area contributed by atoms with E-state index in [9.17, 15) is 14.4 Å². The molecule has 0 radical (unpaired) electrons. The molecule has 1 unspecified atom stereocenters. The molecular weight excluding hydrogens is 510 g/mol. The van der Waals surface area contributed by atoms with E-state index in [-0.39, 0.29) is 18.4 Å². The lowest BCUT2D eigenvalue weighted by Gasteiger charge is -2.33. The number of ether oxygens (including phenoxy) is 2. The molecule has 0 aliphatic rings. The molecule has 0 saturated heterocycles. The zero-order valence-corrected chi connectivity index (χ0v) is 24.1. The topological polar surface area (TPSA) is 127 Å². The summed E-state index contributed by atoms with van der Waals surface area (Å²) in [4.78, 5) is 40.2. The van der Waals surface area contributed by atoms with Gasteiger partial charge in [0.15, 0.2) is 0 Å². The van der Waals surface area contributed by atoms with Crippen molar-refractivity contribution in [3.63, 3.8) is 0 Å². The molecule has 0 bridgehead atoms. The minimum Gasteiger partial charge on any atom is -0.427 e. The minimum atomic E-state index is -0.837. The van der Waals surface area contributed by atoms with Crippen LogP contribution in [0.1, 0.15) is 66.4 Å². The zero-order chi connectivity index (χ0) is 29.3. The number of aromatic nitrogens is 4. The molecule has 0 aliphatic carbocycles. The van der Waals surface area contributed by atoms with Crippen LogP contribution in [0.25, 0.3) is 22.5 Å². The summed E-state index contributed by atoms with van der Waals surface area (Å²) in [5.41, 5.74) is 2.89. The van der Waals surface area contributed by atoms with E-state index < -0.39 is 30.2 Å². The number of esters is 2. The fraction of sp³-hybridized carbons (Fsp3) is 0.467. The van der Waals surface area contributed by atoms with Crippen LogP contribution in [0.3, 0.4) is 0 Å². The Morgan fingerprint density at radius 3 is 2.23 bits per heavy atom. The smallest absolute Gasteiger partial charge is 0.332 e. The second-order valence-electron chi connectivity index (χ2n) is 11.1. The molecule has 0 aliphatic heterocycles. The van der Waals surface area contributed by atoms with Gasteiger partial charge in [-0.05, 0) is 55.0 Å². The third-order valence-corrected chi connectivity index (χ3v) is 6.41. The number of unbranched alkanes of at least 4 members (excludes halogenated alkanes) is 1. The Balaban J connectivity index is 1.82. The maximum atomic E-state index is 13.3. The molecule has 214 valence electrons. The lowest BCUT2D eigenvalue weighted by atomic mass is 9.97. The Morgan fingerprint density at radius 2 is 1.65 bits per heavy atom. The monoisotopic (exact) mass is 549 g/mol. The number of carbonyl (C=O) groups excluding carboxylic acids is 3. The first-order valence-corrected chi connectivity index (χ1v) is 13.6. The lowest BCUT2D eigenvalue weighted by Crippen LogP contribution is -2.48. The first-order valence-electron chi connectivity index (χ1n) is 13.6. The molecule has 0 spiro atoms. The summed E-state index contributed by atoms with van der Waals surface area (Å²) < 4.78 is 10.5. The number of hydrogen-bond acceptors (Lipinski definition) is 8.